The average Bonchev–Trinajstić information content (AvgIpc) is 2.73. The maximum absolute atomic E-state index is 12.0. The first-order valence-electron chi connectivity index (χ1n) is 10.0. The van der Waals surface area contributed by atoms with Crippen molar-refractivity contribution in [1.82, 2.24) is 9.97 Å². The highest BCUT2D eigenvalue weighted by atomic mass is 16.6. The van der Waals surface area contributed by atoms with Crippen LogP contribution in [0.5, 0.6) is 11.5 Å². The molecule has 2 rings (SSSR count). The molecule has 6 nitrogen and oxygen atoms in total. The van der Waals surface area contributed by atoms with Crippen LogP contribution in [0.2, 0.25) is 0 Å². The lowest BCUT2D eigenvalue weighted by molar-refractivity contribution is -0.146. The van der Waals surface area contributed by atoms with Gasteiger partial charge < -0.3 is 14.2 Å². The van der Waals surface area contributed by atoms with Gasteiger partial charge in [-0.05, 0) is 44.0 Å². The predicted octanol–water partition coefficient (Wildman–Crippen LogP) is 4.82. The summed E-state index contributed by atoms with van der Waals surface area (Å²) >= 11 is 0. The molecule has 1 aromatic heterocycles. The molecule has 1 aromatic carbocycles. The van der Waals surface area contributed by atoms with Gasteiger partial charge in [0.05, 0.1) is 19.0 Å². The molecule has 152 valence electrons. The van der Waals surface area contributed by atoms with Crippen LogP contribution in [0.1, 0.15) is 52.9 Å². The van der Waals surface area contributed by atoms with Crippen LogP contribution >= 0.6 is 0 Å². The van der Waals surface area contributed by atoms with E-state index in [1.807, 2.05) is 19.1 Å². The Hall–Kier alpha value is -2.47. The van der Waals surface area contributed by atoms with Gasteiger partial charge >= 0.3 is 5.97 Å². The van der Waals surface area contributed by atoms with E-state index in [4.69, 9.17) is 14.2 Å². The molecule has 0 aliphatic carbocycles. The second-order valence-electron chi connectivity index (χ2n) is 6.61. The van der Waals surface area contributed by atoms with Gasteiger partial charge in [-0.25, -0.2) is 14.8 Å². The Morgan fingerprint density at radius 3 is 2.29 bits per heavy atom. The summed E-state index contributed by atoms with van der Waals surface area (Å²) in [7, 11) is 0. The van der Waals surface area contributed by atoms with Crippen LogP contribution < -0.4 is 9.47 Å². The number of unbranched alkanes of at least 4 members (excludes halogenated alkanes) is 3. The van der Waals surface area contributed by atoms with Gasteiger partial charge in [-0.3, -0.25) is 0 Å². The van der Waals surface area contributed by atoms with Gasteiger partial charge in [-0.2, -0.15) is 0 Å². The first-order chi connectivity index (χ1) is 13.6. The van der Waals surface area contributed by atoms with Crippen molar-refractivity contribution in [1.29, 1.82) is 0 Å². The largest absolute Gasteiger partial charge is 0.490 e. The molecule has 0 saturated heterocycles. The van der Waals surface area contributed by atoms with E-state index in [1.165, 1.54) is 19.3 Å². The lowest BCUT2D eigenvalue weighted by Crippen LogP contribution is -2.26. The SMILES string of the molecule is CCCCCCOc1cnc(-c2ccc(OC(=O)C(C)OCCC)cc2)nc1. The predicted molar refractivity (Wildman–Crippen MR) is 108 cm³/mol. The third kappa shape index (κ3) is 7.27. The zero-order chi connectivity index (χ0) is 20.2. The van der Waals surface area contributed by atoms with Gasteiger partial charge in [-0.15, -0.1) is 0 Å². The molecule has 0 amide bonds. The first-order valence-corrected chi connectivity index (χ1v) is 10.0. The summed E-state index contributed by atoms with van der Waals surface area (Å²) in [4.78, 5) is 20.7. The number of nitrogens with zero attached hydrogens (tertiary/aromatic N) is 2. The monoisotopic (exact) mass is 386 g/mol. The summed E-state index contributed by atoms with van der Waals surface area (Å²) in [6.45, 7) is 7.08. The van der Waals surface area contributed by atoms with Gasteiger partial charge in [0, 0.05) is 12.2 Å². The molecule has 6 heteroatoms. The number of carbonyl (C=O) groups excluding carboxylic acids is 1. The maximum Gasteiger partial charge on any atom is 0.340 e. The van der Waals surface area contributed by atoms with Crippen LogP contribution in [0.25, 0.3) is 11.4 Å². The number of ether oxygens (including phenoxy) is 3. The number of hydrogen-bond acceptors (Lipinski definition) is 6. The Bertz CT molecular complexity index is 701. The Labute approximate surface area is 167 Å². The lowest BCUT2D eigenvalue weighted by Gasteiger charge is -2.12. The van der Waals surface area contributed by atoms with E-state index in [9.17, 15) is 4.79 Å². The van der Waals surface area contributed by atoms with Crippen molar-refractivity contribution in [2.24, 2.45) is 0 Å². The van der Waals surface area contributed by atoms with Gasteiger partial charge in [-0.1, -0.05) is 33.1 Å². The minimum Gasteiger partial charge on any atom is -0.490 e. The van der Waals surface area contributed by atoms with Crippen molar-refractivity contribution < 1.29 is 19.0 Å². The molecule has 1 unspecified atom stereocenters. The summed E-state index contributed by atoms with van der Waals surface area (Å²) in [6.07, 6.45) is 8.29. The van der Waals surface area contributed by atoms with Crippen LogP contribution in [0.4, 0.5) is 0 Å². The Morgan fingerprint density at radius 1 is 0.929 bits per heavy atom. The Balaban J connectivity index is 1.86. The smallest absolute Gasteiger partial charge is 0.340 e. The second kappa shape index (κ2) is 12.1. The molecule has 0 aliphatic heterocycles. The molecule has 1 atom stereocenters. The van der Waals surface area contributed by atoms with Crippen LogP contribution in [0, 0.1) is 0 Å². The van der Waals surface area contributed by atoms with Gasteiger partial charge in [0.25, 0.3) is 0 Å². The average molecular weight is 386 g/mol. The molecule has 0 fully saturated rings. The van der Waals surface area contributed by atoms with Crippen molar-refractivity contribution in [3.8, 4) is 22.9 Å². The minimum atomic E-state index is -0.586. The van der Waals surface area contributed by atoms with Crippen LogP contribution in [0.15, 0.2) is 36.7 Å². The fourth-order valence-corrected chi connectivity index (χ4v) is 2.49. The molecule has 0 bridgehead atoms. The molecule has 28 heavy (non-hydrogen) atoms. The zero-order valence-corrected chi connectivity index (χ0v) is 17.0. The van der Waals surface area contributed by atoms with E-state index >= 15 is 0 Å². The number of carbonyl (C=O) groups is 1. The third-order valence-electron chi connectivity index (χ3n) is 4.13. The number of esters is 1. The topological polar surface area (TPSA) is 70.5 Å². The molecule has 0 N–H and O–H groups in total. The van der Waals surface area contributed by atoms with Crippen LogP contribution in [-0.2, 0) is 9.53 Å². The van der Waals surface area contributed by atoms with E-state index in [0.717, 1.165) is 18.4 Å². The van der Waals surface area contributed by atoms with Crippen molar-refractivity contribution >= 4 is 5.97 Å². The third-order valence-corrected chi connectivity index (χ3v) is 4.13. The van der Waals surface area contributed by atoms with Crippen molar-refractivity contribution in [2.45, 2.75) is 59.0 Å². The molecular weight excluding hydrogens is 356 g/mol. The molecule has 2 aromatic rings. The summed E-state index contributed by atoms with van der Waals surface area (Å²) in [5, 5.41) is 0. The van der Waals surface area contributed by atoms with Crippen molar-refractivity contribution in [3.63, 3.8) is 0 Å². The number of aromatic nitrogens is 2. The summed E-state index contributed by atoms with van der Waals surface area (Å²) in [5.74, 6) is 1.33. The van der Waals surface area contributed by atoms with E-state index < -0.39 is 12.1 Å². The van der Waals surface area contributed by atoms with Crippen LogP contribution in [-0.4, -0.2) is 35.3 Å². The number of hydrogen-bond donors (Lipinski definition) is 0. The van der Waals surface area contributed by atoms with Crippen molar-refractivity contribution in [2.75, 3.05) is 13.2 Å². The van der Waals surface area contributed by atoms with Gasteiger partial charge in [0.15, 0.2) is 17.7 Å². The van der Waals surface area contributed by atoms with Crippen LogP contribution in [0.3, 0.4) is 0 Å². The fourth-order valence-electron chi connectivity index (χ4n) is 2.49. The highest BCUT2D eigenvalue weighted by Gasteiger charge is 2.15. The lowest BCUT2D eigenvalue weighted by atomic mass is 10.2. The molecule has 0 aliphatic rings. The van der Waals surface area contributed by atoms with Gasteiger partial charge in [0.2, 0.25) is 0 Å². The van der Waals surface area contributed by atoms with E-state index in [1.54, 1.807) is 31.5 Å². The number of rotatable bonds is 12. The maximum atomic E-state index is 12.0. The molecular formula is C22H30N2O4. The Morgan fingerprint density at radius 2 is 1.64 bits per heavy atom. The molecule has 0 spiro atoms. The standard InChI is InChI=1S/C22H30N2O4/c1-4-6-7-8-14-27-20-15-23-21(24-16-20)18-9-11-19(12-10-18)28-22(25)17(3)26-13-5-2/h9-12,15-17H,4-8,13-14H2,1-3H3. The fraction of sp³-hybridized carbons (Fsp3) is 0.500. The van der Waals surface area contributed by atoms with E-state index in [0.29, 0.717) is 30.5 Å². The minimum absolute atomic E-state index is 0.405. The molecule has 1 heterocycles. The zero-order valence-electron chi connectivity index (χ0n) is 17.0. The number of benzene rings is 1. The molecule has 0 saturated carbocycles. The summed E-state index contributed by atoms with van der Waals surface area (Å²) in [6, 6.07) is 7.09. The highest BCUT2D eigenvalue weighted by Crippen LogP contribution is 2.21. The quantitative estimate of drug-likeness (QED) is 0.296. The van der Waals surface area contributed by atoms with Gasteiger partial charge in [0.1, 0.15) is 5.75 Å². The van der Waals surface area contributed by atoms with E-state index in [2.05, 4.69) is 16.9 Å². The first kappa shape index (κ1) is 21.8. The second-order valence-corrected chi connectivity index (χ2v) is 6.61. The Kier molecular flexibility index (Phi) is 9.42. The summed E-state index contributed by atoms with van der Waals surface area (Å²) < 4.78 is 16.4. The highest BCUT2D eigenvalue weighted by molar-refractivity contribution is 5.77. The normalized spacial score (nSPS) is 11.8. The van der Waals surface area contributed by atoms with Crippen molar-refractivity contribution in [3.05, 3.63) is 36.7 Å². The summed E-state index contributed by atoms with van der Waals surface area (Å²) in [5.41, 5.74) is 0.838. The van der Waals surface area contributed by atoms with E-state index in [-0.39, 0.29) is 0 Å². The molecule has 0 radical (unpaired) electrons.